The first kappa shape index (κ1) is 24.6. The smallest absolute Gasteiger partial charge is 0.449 e. The number of ether oxygens (including phenoxy) is 3. The Morgan fingerprint density at radius 1 is 1.18 bits per heavy atom. The van der Waals surface area contributed by atoms with Gasteiger partial charge in [0.25, 0.3) is 0 Å². The molecule has 0 saturated carbocycles. The van der Waals surface area contributed by atoms with Gasteiger partial charge in [0.2, 0.25) is 0 Å². The fraction of sp³-hybridized carbons (Fsp3) is 0.250. The normalized spacial score (nSPS) is 12.4. The van der Waals surface area contributed by atoms with E-state index in [1.165, 1.54) is 48.2 Å². The van der Waals surface area contributed by atoms with E-state index < -0.39 is 23.2 Å². The standard InChI is InChI=1S/C20H16Cl2F3N3O5/c1-31-19-26-18(28(29)30)10-27(19)9-17(15-7-4-13(21)8-16(15)22)32-11-12-2-5-14(6-3-12)33-20(23,24)25/h2-8,10,17H,9,11H2,1H3. The zero-order chi connectivity index (χ0) is 24.2. The third-order valence-electron chi connectivity index (χ3n) is 4.38. The van der Waals surface area contributed by atoms with Crippen LogP contribution in [0.4, 0.5) is 19.0 Å². The van der Waals surface area contributed by atoms with Crippen LogP contribution in [0.25, 0.3) is 0 Å². The Balaban J connectivity index is 1.83. The number of aromatic nitrogens is 2. The summed E-state index contributed by atoms with van der Waals surface area (Å²) in [6, 6.07) is 9.94. The Morgan fingerprint density at radius 3 is 2.45 bits per heavy atom. The second-order valence-electron chi connectivity index (χ2n) is 6.65. The molecular weight excluding hydrogens is 490 g/mol. The third kappa shape index (κ3) is 6.73. The van der Waals surface area contributed by atoms with Gasteiger partial charge in [-0.3, -0.25) is 4.57 Å². The SMILES string of the molecule is COc1nc([N+](=O)[O-])cn1CC(OCc1ccc(OC(F)(F)F)cc1)c1ccc(Cl)cc1Cl. The number of benzene rings is 2. The highest BCUT2D eigenvalue weighted by Crippen LogP contribution is 2.32. The molecule has 0 aliphatic carbocycles. The highest BCUT2D eigenvalue weighted by atomic mass is 35.5. The van der Waals surface area contributed by atoms with Crippen LogP contribution in [0.2, 0.25) is 10.0 Å². The zero-order valence-corrected chi connectivity index (χ0v) is 18.4. The third-order valence-corrected chi connectivity index (χ3v) is 4.94. The summed E-state index contributed by atoms with van der Waals surface area (Å²) in [6.07, 6.45) is -4.33. The zero-order valence-electron chi connectivity index (χ0n) is 16.9. The van der Waals surface area contributed by atoms with Crippen molar-refractivity contribution < 1.29 is 32.3 Å². The van der Waals surface area contributed by atoms with E-state index in [2.05, 4.69) is 9.72 Å². The maximum absolute atomic E-state index is 12.3. The number of hydrogen-bond acceptors (Lipinski definition) is 6. The molecule has 33 heavy (non-hydrogen) atoms. The van der Waals surface area contributed by atoms with Crippen molar-refractivity contribution in [3.05, 3.63) is 79.9 Å². The number of hydrogen-bond donors (Lipinski definition) is 0. The molecule has 1 heterocycles. The van der Waals surface area contributed by atoms with Gasteiger partial charge in [-0.1, -0.05) is 41.4 Å². The molecule has 0 amide bonds. The van der Waals surface area contributed by atoms with E-state index in [-0.39, 0.29) is 24.9 Å². The van der Waals surface area contributed by atoms with Crippen LogP contribution in [0, 0.1) is 10.1 Å². The molecule has 13 heteroatoms. The van der Waals surface area contributed by atoms with Gasteiger partial charge in [-0.2, -0.15) is 0 Å². The molecular formula is C20H16Cl2F3N3O5. The molecule has 0 radical (unpaired) electrons. The van der Waals surface area contributed by atoms with Crippen LogP contribution < -0.4 is 9.47 Å². The maximum atomic E-state index is 12.3. The van der Waals surface area contributed by atoms with Crippen molar-refractivity contribution >= 4 is 29.0 Å². The Bertz CT molecular complexity index is 1120. The van der Waals surface area contributed by atoms with Crippen molar-refractivity contribution in [1.29, 1.82) is 0 Å². The molecule has 8 nitrogen and oxygen atoms in total. The highest BCUT2D eigenvalue weighted by Gasteiger charge is 2.31. The topological polar surface area (TPSA) is 88.7 Å². The van der Waals surface area contributed by atoms with Crippen LogP contribution in [0.3, 0.4) is 0 Å². The summed E-state index contributed by atoms with van der Waals surface area (Å²) in [7, 11) is 1.32. The fourth-order valence-electron chi connectivity index (χ4n) is 2.93. The number of methoxy groups -OCH3 is 1. The van der Waals surface area contributed by atoms with E-state index in [0.717, 1.165) is 0 Å². The minimum Gasteiger partial charge on any atom is -0.449 e. The summed E-state index contributed by atoms with van der Waals surface area (Å²) in [5, 5.41) is 11.8. The average molecular weight is 506 g/mol. The van der Waals surface area contributed by atoms with Gasteiger partial charge in [-0.25, -0.2) is 0 Å². The second kappa shape index (κ2) is 10.3. The minimum absolute atomic E-state index is 0.00493. The van der Waals surface area contributed by atoms with Crippen LogP contribution in [-0.2, 0) is 17.9 Å². The number of nitro groups is 1. The van der Waals surface area contributed by atoms with Crippen molar-refractivity contribution in [3.8, 4) is 11.8 Å². The van der Waals surface area contributed by atoms with E-state index in [9.17, 15) is 23.3 Å². The molecule has 0 bridgehead atoms. The molecule has 0 saturated heterocycles. The molecule has 3 rings (SSSR count). The summed E-state index contributed by atoms with van der Waals surface area (Å²) < 4.78 is 53.4. The predicted molar refractivity (Wildman–Crippen MR) is 113 cm³/mol. The second-order valence-corrected chi connectivity index (χ2v) is 7.50. The van der Waals surface area contributed by atoms with Crippen LogP contribution in [0.1, 0.15) is 17.2 Å². The van der Waals surface area contributed by atoms with Gasteiger partial charge in [0, 0.05) is 20.6 Å². The van der Waals surface area contributed by atoms with Crippen molar-refractivity contribution in [2.45, 2.75) is 25.6 Å². The molecule has 0 N–H and O–H groups in total. The molecule has 0 fully saturated rings. The van der Waals surface area contributed by atoms with E-state index in [1.54, 1.807) is 12.1 Å². The largest absolute Gasteiger partial charge is 0.573 e. The molecule has 0 spiro atoms. The van der Waals surface area contributed by atoms with Gasteiger partial charge >= 0.3 is 18.2 Å². The van der Waals surface area contributed by atoms with E-state index in [4.69, 9.17) is 32.7 Å². The predicted octanol–water partition coefficient (Wildman–Crippen LogP) is 5.96. The van der Waals surface area contributed by atoms with Gasteiger partial charge in [0.1, 0.15) is 18.1 Å². The van der Waals surface area contributed by atoms with Gasteiger partial charge in [-0.15, -0.1) is 13.2 Å². The van der Waals surface area contributed by atoms with Gasteiger partial charge in [0.15, 0.2) is 0 Å². The van der Waals surface area contributed by atoms with E-state index >= 15 is 0 Å². The number of imidazole rings is 1. The fourth-order valence-corrected chi connectivity index (χ4v) is 3.46. The van der Waals surface area contributed by atoms with Crippen molar-refractivity contribution in [2.24, 2.45) is 0 Å². The monoisotopic (exact) mass is 505 g/mol. The summed E-state index contributed by atoms with van der Waals surface area (Å²) >= 11 is 12.3. The Morgan fingerprint density at radius 2 is 1.88 bits per heavy atom. The summed E-state index contributed by atoms with van der Waals surface area (Å²) in [4.78, 5) is 14.2. The molecule has 176 valence electrons. The number of rotatable bonds is 9. The highest BCUT2D eigenvalue weighted by molar-refractivity contribution is 6.35. The van der Waals surface area contributed by atoms with E-state index in [0.29, 0.717) is 21.2 Å². The van der Waals surface area contributed by atoms with Gasteiger partial charge in [-0.05, 0) is 34.8 Å². The number of alkyl halides is 3. The lowest BCUT2D eigenvalue weighted by molar-refractivity contribution is -0.389. The number of nitrogens with zero attached hydrogens (tertiary/aromatic N) is 3. The lowest BCUT2D eigenvalue weighted by Crippen LogP contribution is -2.17. The molecule has 0 aliphatic heterocycles. The Labute approximate surface area is 195 Å². The molecule has 3 aromatic rings. The average Bonchev–Trinajstić information content (AvgIpc) is 3.14. The van der Waals surface area contributed by atoms with Gasteiger partial charge in [0.05, 0.1) is 20.3 Å². The molecule has 2 aromatic carbocycles. The van der Waals surface area contributed by atoms with Crippen LogP contribution >= 0.6 is 23.2 Å². The minimum atomic E-state index is -4.79. The summed E-state index contributed by atoms with van der Waals surface area (Å²) in [5.41, 5.74) is 1.10. The van der Waals surface area contributed by atoms with Crippen LogP contribution in [-0.4, -0.2) is 27.9 Å². The first-order valence-electron chi connectivity index (χ1n) is 9.22. The number of halogens is 5. The first-order valence-corrected chi connectivity index (χ1v) is 9.98. The van der Waals surface area contributed by atoms with Crippen molar-refractivity contribution in [1.82, 2.24) is 9.55 Å². The molecule has 0 aliphatic rings. The van der Waals surface area contributed by atoms with Crippen molar-refractivity contribution in [2.75, 3.05) is 7.11 Å². The quantitative estimate of drug-likeness (QED) is 0.263. The maximum Gasteiger partial charge on any atom is 0.573 e. The molecule has 1 aromatic heterocycles. The van der Waals surface area contributed by atoms with Crippen LogP contribution in [0.15, 0.2) is 48.7 Å². The molecule has 1 unspecified atom stereocenters. The molecule has 1 atom stereocenters. The summed E-state index contributed by atoms with van der Waals surface area (Å²) in [6.45, 7) is 0.0374. The first-order chi connectivity index (χ1) is 15.6. The summed E-state index contributed by atoms with van der Waals surface area (Å²) in [5.74, 6) is -0.771. The Kier molecular flexibility index (Phi) is 7.67. The lowest BCUT2D eigenvalue weighted by atomic mass is 10.1. The Hall–Kier alpha value is -3.02. The van der Waals surface area contributed by atoms with Gasteiger partial charge < -0.3 is 24.3 Å². The van der Waals surface area contributed by atoms with Crippen LogP contribution in [0.5, 0.6) is 11.8 Å². The lowest BCUT2D eigenvalue weighted by Gasteiger charge is -2.20. The van der Waals surface area contributed by atoms with E-state index in [1.807, 2.05) is 0 Å². The van der Waals surface area contributed by atoms with Crippen molar-refractivity contribution in [3.63, 3.8) is 0 Å².